The molecule has 0 spiro atoms. The zero-order valence-corrected chi connectivity index (χ0v) is 20.3. The van der Waals surface area contributed by atoms with Crippen molar-refractivity contribution in [2.24, 2.45) is 5.10 Å². The summed E-state index contributed by atoms with van der Waals surface area (Å²) in [6.07, 6.45) is 3.34. The lowest BCUT2D eigenvalue weighted by Gasteiger charge is -2.03. The van der Waals surface area contributed by atoms with E-state index in [1.807, 2.05) is 18.2 Å². The number of aromatic nitrogens is 1. The predicted molar refractivity (Wildman–Crippen MR) is 136 cm³/mol. The Morgan fingerprint density at radius 2 is 1.82 bits per heavy atom. The molecule has 0 saturated heterocycles. The van der Waals surface area contributed by atoms with Crippen molar-refractivity contribution in [2.75, 3.05) is 0 Å². The van der Waals surface area contributed by atoms with E-state index in [9.17, 15) is 14.7 Å². The van der Waals surface area contributed by atoms with Crippen molar-refractivity contribution < 1.29 is 14.7 Å². The van der Waals surface area contributed by atoms with Crippen LogP contribution in [0.1, 0.15) is 37.4 Å². The van der Waals surface area contributed by atoms with Crippen LogP contribution in [0.3, 0.4) is 0 Å². The van der Waals surface area contributed by atoms with E-state index in [1.165, 1.54) is 11.3 Å². The number of carbonyl (C=O) groups excluding carboxylic acids is 2. The topological polar surface area (TPSA) is 104 Å². The van der Waals surface area contributed by atoms with Gasteiger partial charge in [-0.2, -0.15) is 5.10 Å². The minimum Gasteiger partial charge on any atom is -0.506 e. The van der Waals surface area contributed by atoms with Gasteiger partial charge in [-0.1, -0.05) is 29.8 Å². The highest BCUT2D eigenvalue weighted by Gasteiger charge is 2.16. The van der Waals surface area contributed by atoms with Crippen molar-refractivity contribution in [3.8, 4) is 16.2 Å². The molecule has 4 rings (SSSR count). The number of nitrogens with one attached hydrogen (secondary N) is 2. The van der Waals surface area contributed by atoms with Crippen LogP contribution < -0.4 is 10.7 Å². The Labute approximate surface area is 208 Å². The van der Waals surface area contributed by atoms with Crippen LogP contribution >= 0.6 is 34.3 Å². The summed E-state index contributed by atoms with van der Waals surface area (Å²) in [7, 11) is 0. The molecule has 4 aromatic rings. The molecule has 7 nitrogen and oxygen atoms in total. The van der Waals surface area contributed by atoms with Gasteiger partial charge < -0.3 is 10.4 Å². The predicted octanol–water partition coefficient (Wildman–Crippen LogP) is 5.31. The summed E-state index contributed by atoms with van der Waals surface area (Å²) >= 11 is 8.37. The summed E-state index contributed by atoms with van der Waals surface area (Å²) in [5.41, 5.74) is 5.18. The van der Waals surface area contributed by atoms with E-state index in [4.69, 9.17) is 11.6 Å². The van der Waals surface area contributed by atoms with Crippen molar-refractivity contribution in [3.05, 3.63) is 92.2 Å². The van der Waals surface area contributed by atoms with Gasteiger partial charge in [0.2, 0.25) is 0 Å². The number of hydrogen-bond acceptors (Lipinski definition) is 7. The van der Waals surface area contributed by atoms with Gasteiger partial charge in [0.25, 0.3) is 11.8 Å². The molecule has 0 radical (unpaired) electrons. The molecule has 0 unspecified atom stereocenters. The molecule has 3 N–H and O–H groups in total. The Balaban J connectivity index is 1.39. The van der Waals surface area contributed by atoms with E-state index < -0.39 is 5.91 Å². The van der Waals surface area contributed by atoms with Crippen LogP contribution in [0.2, 0.25) is 5.02 Å². The van der Waals surface area contributed by atoms with Crippen LogP contribution in [0.5, 0.6) is 5.75 Å². The lowest BCUT2D eigenvalue weighted by atomic mass is 10.1. The maximum absolute atomic E-state index is 12.5. The summed E-state index contributed by atoms with van der Waals surface area (Å²) in [5, 5.41) is 20.0. The first-order valence-electron chi connectivity index (χ1n) is 10.1. The second-order valence-corrected chi connectivity index (χ2v) is 9.58. The molecule has 0 bridgehead atoms. The number of pyridine rings is 1. The third-order valence-electron chi connectivity index (χ3n) is 4.82. The third kappa shape index (κ3) is 5.51. The van der Waals surface area contributed by atoms with Gasteiger partial charge in [0.05, 0.1) is 25.9 Å². The Bertz CT molecular complexity index is 1350. The van der Waals surface area contributed by atoms with E-state index in [1.54, 1.807) is 55.0 Å². The summed E-state index contributed by atoms with van der Waals surface area (Å²) in [5.74, 6) is -0.625. The average molecular weight is 511 g/mol. The van der Waals surface area contributed by atoms with Gasteiger partial charge in [0, 0.05) is 29.3 Å². The number of hydrogen-bond donors (Lipinski definition) is 3. The highest BCUT2D eigenvalue weighted by atomic mass is 35.5. The first-order valence-corrected chi connectivity index (χ1v) is 12.2. The quantitative estimate of drug-likeness (QED) is 0.231. The molecule has 1 aromatic carbocycles. The summed E-state index contributed by atoms with van der Waals surface area (Å²) < 4.78 is 0. The van der Waals surface area contributed by atoms with E-state index in [-0.39, 0.29) is 11.7 Å². The molecule has 34 heavy (non-hydrogen) atoms. The van der Waals surface area contributed by atoms with E-state index >= 15 is 0 Å². The Kier molecular flexibility index (Phi) is 7.36. The number of amides is 2. The number of benzene rings is 1. The second-order valence-electron chi connectivity index (χ2n) is 7.18. The average Bonchev–Trinajstić information content (AvgIpc) is 3.49. The zero-order chi connectivity index (χ0) is 24.1. The number of halogens is 1. The number of hydrazone groups is 1. The van der Waals surface area contributed by atoms with Gasteiger partial charge in [0.1, 0.15) is 5.75 Å². The number of nitrogens with zero attached hydrogens (tertiary/aromatic N) is 2. The van der Waals surface area contributed by atoms with Crippen LogP contribution in [0, 0.1) is 0 Å². The van der Waals surface area contributed by atoms with E-state index in [0.29, 0.717) is 37.5 Å². The third-order valence-corrected chi connectivity index (χ3v) is 7.17. The van der Waals surface area contributed by atoms with Gasteiger partial charge in [-0.25, -0.2) is 5.43 Å². The van der Waals surface area contributed by atoms with Gasteiger partial charge in [-0.3, -0.25) is 14.6 Å². The Morgan fingerprint density at radius 1 is 1.09 bits per heavy atom. The van der Waals surface area contributed by atoms with Crippen molar-refractivity contribution in [1.82, 2.24) is 15.7 Å². The van der Waals surface area contributed by atoms with Gasteiger partial charge in [0.15, 0.2) is 0 Å². The van der Waals surface area contributed by atoms with Crippen molar-refractivity contribution in [1.29, 1.82) is 0 Å². The highest BCUT2D eigenvalue weighted by molar-refractivity contribution is 7.16. The van der Waals surface area contributed by atoms with Gasteiger partial charge >= 0.3 is 0 Å². The molecule has 10 heteroatoms. The minimum atomic E-state index is -0.441. The van der Waals surface area contributed by atoms with Crippen LogP contribution in [-0.2, 0) is 6.54 Å². The zero-order valence-electron chi connectivity index (χ0n) is 17.9. The van der Waals surface area contributed by atoms with Crippen molar-refractivity contribution in [2.45, 2.75) is 13.5 Å². The maximum atomic E-state index is 12.5. The molecule has 0 fully saturated rings. The van der Waals surface area contributed by atoms with E-state index in [0.717, 1.165) is 22.5 Å². The molecule has 0 atom stereocenters. The fraction of sp³-hybridized carbons (Fsp3) is 0.0833. The SMILES string of the molecule is C/C(=N/NC(=O)c1ccc(C(=O)NCc2cccnc2)s1)c1csc(-c2ccc(Cl)cc2)c1O. The smallest absolute Gasteiger partial charge is 0.281 e. The molecule has 3 aromatic heterocycles. The number of aromatic hydroxyl groups is 1. The van der Waals surface area contributed by atoms with Crippen LogP contribution in [0.4, 0.5) is 0 Å². The largest absolute Gasteiger partial charge is 0.506 e. The molecular formula is C24H19ClN4O3S2. The Morgan fingerprint density at radius 3 is 2.53 bits per heavy atom. The molecule has 0 saturated carbocycles. The van der Waals surface area contributed by atoms with E-state index in [2.05, 4.69) is 20.8 Å². The first-order chi connectivity index (χ1) is 16.4. The molecule has 172 valence electrons. The van der Waals surface area contributed by atoms with Crippen LogP contribution in [0.25, 0.3) is 10.4 Å². The number of carbonyl (C=O) groups is 2. The normalized spacial score (nSPS) is 11.3. The highest BCUT2D eigenvalue weighted by Crippen LogP contribution is 2.39. The van der Waals surface area contributed by atoms with Gasteiger partial charge in [-0.05, 0) is 48.4 Å². The van der Waals surface area contributed by atoms with Gasteiger partial charge in [-0.15, -0.1) is 22.7 Å². The molecule has 0 aliphatic rings. The minimum absolute atomic E-state index is 0.0894. The lowest BCUT2D eigenvalue weighted by molar-refractivity contribution is 0.0950. The monoisotopic (exact) mass is 510 g/mol. The molecular weight excluding hydrogens is 492 g/mol. The number of rotatable bonds is 7. The first kappa shape index (κ1) is 23.6. The molecule has 3 heterocycles. The fourth-order valence-electron chi connectivity index (χ4n) is 3.02. The van der Waals surface area contributed by atoms with Crippen molar-refractivity contribution in [3.63, 3.8) is 0 Å². The lowest BCUT2D eigenvalue weighted by Crippen LogP contribution is -2.22. The second kappa shape index (κ2) is 10.6. The summed E-state index contributed by atoms with van der Waals surface area (Å²) in [6.45, 7) is 2.04. The van der Waals surface area contributed by atoms with Crippen molar-refractivity contribution >= 4 is 51.8 Å². The molecule has 0 aliphatic carbocycles. The maximum Gasteiger partial charge on any atom is 0.281 e. The summed E-state index contributed by atoms with van der Waals surface area (Å²) in [4.78, 5) is 30.3. The fourth-order valence-corrected chi connectivity index (χ4v) is 4.97. The Hall–Kier alpha value is -3.53. The van der Waals surface area contributed by atoms with Crippen LogP contribution in [-0.4, -0.2) is 27.6 Å². The molecule has 0 aliphatic heterocycles. The van der Waals surface area contributed by atoms with Crippen LogP contribution in [0.15, 0.2) is 71.4 Å². The standard InChI is InChI=1S/C24H19ClN4O3S2/c1-14(18-13-33-22(21(18)30)16-4-6-17(25)7-5-16)28-29-24(32)20-9-8-19(34-20)23(31)27-12-15-3-2-10-26-11-15/h2-11,13,30H,12H2,1H3,(H,27,31)(H,29,32)/b28-14-. The summed E-state index contributed by atoms with van der Waals surface area (Å²) in [6, 6.07) is 14.0. The molecule has 2 amide bonds. The number of thiophene rings is 2.